The Labute approximate surface area is 129 Å². The van der Waals surface area contributed by atoms with Crippen molar-refractivity contribution in [3.63, 3.8) is 0 Å². The molecule has 122 valence electrons. The van der Waals surface area contributed by atoms with Crippen molar-refractivity contribution in [1.82, 2.24) is 0 Å². The number of carbonyl (C=O) groups is 2. The smallest absolute Gasteiger partial charge is 0.338 e. The molecule has 22 heavy (non-hydrogen) atoms. The van der Waals surface area contributed by atoms with Crippen LogP contribution in [0, 0.1) is 0 Å². The summed E-state index contributed by atoms with van der Waals surface area (Å²) < 4.78 is 9.68. The molecule has 0 radical (unpaired) electrons. The van der Waals surface area contributed by atoms with Crippen molar-refractivity contribution in [1.29, 1.82) is 0 Å². The third-order valence-electron chi connectivity index (χ3n) is 2.83. The lowest BCUT2D eigenvalue weighted by Gasteiger charge is -2.21. The number of hydrogen-bond donors (Lipinski definition) is 2. The third kappa shape index (κ3) is 5.46. The minimum atomic E-state index is -1.32. The fraction of sp³-hybridized carbons (Fsp3) is 0.500. The van der Waals surface area contributed by atoms with E-state index in [1.807, 2.05) is 0 Å². The Morgan fingerprint density at radius 3 is 2.41 bits per heavy atom. The summed E-state index contributed by atoms with van der Waals surface area (Å²) in [5.41, 5.74) is -0.0488. The van der Waals surface area contributed by atoms with Gasteiger partial charge < -0.3 is 19.7 Å². The van der Waals surface area contributed by atoms with Gasteiger partial charge in [0.25, 0.3) is 0 Å². The van der Waals surface area contributed by atoms with Gasteiger partial charge in [-0.25, -0.2) is 4.79 Å². The molecule has 1 aromatic rings. The zero-order valence-corrected chi connectivity index (χ0v) is 13.2. The van der Waals surface area contributed by atoms with Gasteiger partial charge in [0.2, 0.25) is 0 Å². The topological polar surface area (TPSA) is 93.1 Å². The molecule has 0 heterocycles. The van der Waals surface area contributed by atoms with Crippen LogP contribution in [0.25, 0.3) is 0 Å². The molecule has 0 saturated carbocycles. The zero-order chi connectivity index (χ0) is 16.9. The molecule has 0 aromatic heterocycles. The van der Waals surface area contributed by atoms with Crippen LogP contribution in [0.2, 0.25) is 0 Å². The van der Waals surface area contributed by atoms with Crippen molar-refractivity contribution < 1.29 is 29.3 Å². The fourth-order valence-electron chi connectivity index (χ4n) is 1.77. The van der Waals surface area contributed by atoms with Crippen LogP contribution in [0.3, 0.4) is 0 Å². The molecular weight excluding hydrogens is 288 g/mol. The van der Waals surface area contributed by atoms with Crippen LogP contribution in [0.1, 0.15) is 49.2 Å². The first-order valence-corrected chi connectivity index (χ1v) is 6.90. The van der Waals surface area contributed by atoms with E-state index in [0.717, 1.165) is 0 Å². The van der Waals surface area contributed by atoms with Crippen LogP contribution in [0.5, 0.6) is 0 Å². The van der Waals surface area contributed by atoms with Crippen LogP contribution in [-0.2, 0) is 14.3 Å². The van der Waals surface area contributed by atoms with E-state index >= 15 is 0 Å². The van der Waals surface area contributed by atoms with E-state index in [0.29, 0.717) is 5.56 Å². The minimum absolute atomic E-state index is 0.261. The highest BCUT2D eigenvalue weighted by molar-refractivity contribution is 5.89. The Balaban J connectivity index is 2.87. The van der Waals surface area contributed by atoms with E-state index < -0.39 is 29.7 Å². The number of rotatable bonds is 5. The number of carbonyl (C=O) groups excluding carboxylic acids is 2. The molecule has 0 saturated heterocycles. The summed E-state index contributed by atoms with van der Waals surface area (Å²) in [5.74, 6) is -1.15. The highest BCUT2D eigenvalue weighted by atomic mass is 16.6. The van der Waals surface area contributed by atoms with Crippen LogP contribution in [0.15, 0.2) is 24.3 Å². The van der Waals surface area contributed by atoms with Gasteiger partial charge in [0.1, 0.15) is 11.7 Å². The van der Waals surface area contributed by atoms with Crippen molar-refractivity contribution >= 4 is 11.9 Å². The normalized spacial score (nSPS) is 14.1. The molecule has 0 bridgehead atoms. The van der Waals surface area contributed by atoms with Gasteiger partial charge in [0, 0.05) is 0 Å². The van der Waals surface area contributed by atoms with Gasteiger partial charge in [-0.05, 0) is 38.5 Å². The van der Waals surface area contributed by atoms with E-state index in [1.54, 1.807) is 39.0 Å². The molecular formula is C16H22O6. The van der Waals surface area contributed by atoms with Gasteiger partial charge >= 0.3 is 11.9 Å². The molecule has 1 rings (SSSR count). The first kappa shape index (κ1) is 18.1. The van der Waals surface area contributed by atoms with Gasteiger partial charge in [-0.2, -0.15) is 0 Å². The number of aliphatic hydroxyl groups is 2. The van der Waals surface area contributed by atoms with Gasteiger partial charge in [-0.1, -0.05) is 12.1 Å². The van der Waals surface area contributed by atoms with Crippen LogP contribution < -0.4 is 0 Å². The number of esters is 2. The molecule has 0 amide bonds. The molecule has 0 aliphatic heterocycles. The first-order valence-electron chi connectivity index (χ1n) is 6.90. The summed E-state index contributed by atoms with van der Waals surface area (Å²) in [6.45, 7) is 5.26. The van der Waals surface area contributed by atoms with Crippen molar-refractivity contribution in [2.24, 2.45) is 0 Å². The van der Waals surface area contributed by atoms with Crippen molar-refractivity contribution in [3.8, 4) is 0 Å². The van der Waals surface area contributed by atoms with Crippen LogP contribution in [0.4, 0.5) is 0 Å². The summed E-state index contributed by atoms with van der Waals surface area (Å²) in [5, 5.41) is 19.9. The zero-order valence-electron chi connectivity index (χ0n) is 13.2. The van der Waals surface area contributed by atoms with E-state index in [9.17, 15) is 19.8 Å². The minimum Gasteiger partial charge on any atom is -0.469 e. The molecule has 2 unspecified atom stereocenters. The SMILES string of the molecule is COC(=O)CC(O)C(O)c1cccc(C(=O)OC(C)(C)C)c1. The van der Waals surface area contributed by atoms with Crippen molar-refractivity contribution in [2.75, 3.05) is 7.11 Å². The van der Waals surface area contributed by atoms with Gasteiger partial charge in [0.05, 0.1) is 25.2 Å². The number of ether oxygens (including phenoxy) is 2. The number of hydrogen-bond acceptors (Lipinski definition) is 6. The third-order valence-corrected chi connectivity index (χ3v) is 2.83. The molecule has 1 aromatic carbocycles. The highest BCUT2D eigenvalue weighted by Crippen LogP contribution is 2.21. The lowest BCUT2D eigenvalue weighted by Crippen LogP contribution is -2.25. The largest absolute Gasteiger partial charge is 0.469 e. The second-order valence-corrected chi connectivity index (χ2v) is 5.92. The molecule has 6 heteroatoms. The van der Waals surface area contributed by atoms with E-state index in [1.165, 1.54) is 13.2 Å². The maximum absolute atomic E-state index is 12.0. The van der Waals surface area contributed by atoms with Crippen molar-refractivity contribution in [2.45, 2.75) is 45.0 Å². The Morgan fingerprint density at radius 2 is 1.86 bits per heavy atom. The lowest BCUT2D eigenvalue weighted by atomic mass is 10.00. The molecule has 2 N–H and O–H groups in total. The van der Waals surface area contributed by atoms with Gasteiger partial charge in [-0.3, -0.25) is 4.79 Å². The summed E-state index contributed by atoms with van der Waals surface area (Å²) in [7, 11) is 1.20. The maximum atomic E-state index is 12.0. The van der Waals surface area contributed by atoms with E-state index in [2.05, 4.69) is 4.74 Å². The number of aliphatic hydroxyl groups excluding tert-OH is 2. The molecule has 0 fully saturated rings. The predicted octanol–water partition coefficient (Wildman–Crippen LogP) is 1.60. The van der Waals surface area contributed by atoms with Gasteiger partial charge in [0.15, 0.2) is 0 Å². The molecule has 0 aliphatic rings. The van der Waals surface area contributed by atoms with E-state index in [4.69, 9.17) is 4.74 Å². The molecule has 2 atom stereocenters. The quantitative estimate of drug-likeness (QED) is 0.802. The second-order valence-electron chi connectivity index (χ2n) is 5.92. The first-order chi connectivity index (χ1) is 10.1. The Kier molecular flexibility index (Phi) is 6.08. The lowest BCUT2D eigenvalue weighted by molar-refractivity contribution is -0.144. The Morgan fingerprint density at radius 1 is 1.23 bits per heavy atom. The Bertz CT molecular complexity index is 532. The molecule has 0 spiro atoms. The summed E-state index contributed by atoms with van der Waals surface area (Å²) in [6.07, 6.45) is -2.96. The summed E-state index contributed by atoms with van der Waals surface area (Å²) >= 11 is 0. The fourth-order valence-corrected chi connectivity index (χ4v) is 1.77. The monoisotopic (exact) mass is 310 g/mol. The average molecular weight is 310 g/mol. The maximum Gasteiger partial charge on any atom is 0.338 e. The van der Waals surface area contributed by atoms with Gasteiger partial charge in [-0.15, -0.1) is 0 Å². The predicted molar refractivity (Wildman–Crippen MR) is 79.2 cm³/mol. The van der Waals surface area contributed by atoms with Crippen LogP contribution >= 0.6 is 0 Å². The summed E-state index contributed by atoms with van der Waals surface area (Å²) in [6, 6.07) is 6.11. The van der Waals surface area contributed by atoms with Crippen molar-refractivity contribution in [3.05, 3.63) is 35.4 Å². The average Bonchev–Trinajstić information content (AvgIpc) is 2.44. The highest BCUT2D eigenvalue weighted by Gasteiger charge is 2.23. The standard InChI is InChI=1S/C16H22O6/c1-16(2,3)22-15(20)11-7-5-6-10(8-11)14(19)12(17)9-13(18)21-4/h5-8,12,14,17,19H,9H2,1-4H3. The number of methoxy groups -OCH3 is 1. The van der Waals surface area contributed by atoms with Crippen LogP contribution in [-0.4, -0.2) is 41.0 Å². The molecule has 6 nitrogen and oxygen atoms in total. The summed E-state index contributed by atoms with van der Waals surface area (Å²) in [4.78, 5) is 23.1. The number of benzene rings is 1. The molecule has 0 aliphatic carbocycles. The Hall–Kier alpha value is -1.92. The second kappa shape index (κ2) is 7.38. The van der Waals surface area contributed by atoms with E-state index in [-0.39, 0.29) is 12.0 Å².